The van der Waals surface area contributed by atoms with Crippen molar-refractivity contribution < 1.29 is 9.31 Å². The molecule has 4 nitrogen and oxygen atoms in total. The SMILES string of the molecule is CC1(C)OB(c2cccc(-c3cccc(-c4ccnc(-c5ccccc5)n4)c3)c2)OC1(C)C. The zero-order valence-electron chi connectivity index (χ0n) is 19.4. The molecule has 1 aliphatic heterocycles. The minimum atomic E-state index is -0.381. The Bertz CT molecular complexity index is 1270. The summed E-state index contributed by atoms with van der Waals surface area (Å²) in [5.41, 5.74) is 5.47. The summed E-state index contributed by atoms with van der Waals surface area (Å²) in [5.74, 6) is 0.723. The highest BCUT2D eigenvalue weighted by atomic mass is 16.7. The highest BCUT2D eigenvalue weighted by Gasteiger charge is 2.51. The lowest BCUT2D eigenvalue weighted by molar-refractivity contribution is 0.00578. The van der Waals surface area contributed by atoms with Crippen LogP contribution in [0.1, 0.15) is 27.7 Å². The van der Waals surface area contributed by atoms with Crippen LogP contribution in [0, 0.1) is 0 Å². The molecule has 2 heterocycles. The molecule has 1 aliphatic rings. The first-order valence-electron chi connectivity index (χ1n) is 11.3. The summed E-state index contributed by atoms with van der Waals surface area (Å²) in [6.45, 7) is 8.30. The fourth-order valence-corrected chi connectivity index (χ4v) is 3.95. The number of nitrogens with zero attached hydrogens (tertiary/aromatic N) is 2. The van der Waals surface area contributed by atoms with E-state index in [0.717, 1.165) is 39.2 Å². The van der Waals surface area contributed by atoms with Gasteiger partial charge in [-0.3, -0.25) is 0 Å². The third-order valence-electron chi connectivity index (χ3n) is 6.59. The molecule has 0 N–H and O–H groups in total. The van der Waals surface area contributed by atoms with Crippen molar-refractivity contribution in [2.45, 2.75) is 38.9 Å². The third-order valence-corrected chi connectivity index (χ3v) is 6.59. The second-order valence-electron chi connectivity index (χ2n) is 9.43. The van der Waals surface area contributed by atoms with Gasteiger partial charge in [0.25, 0.3) is 0 Å². The largest absolute Gasteiger partial charge is 0.494 e. The molecule has 5 rings (SSSR count). The van der Waals surface area contributed by atoms with Gasteiger partial charge >= 0.3 is 7.12 Å². The molecule has 1 saturated heterocycles. The van der Waals surface area contributed by atoms with E-state index in [1.54, 1.807) is 0 Å². The molecule has 0 aliphatic carbocycles. The molecule has 3 aromatic carbocycles. The van der Waals surface area contributed by atoms with E-state index in [2.05, 4.69) is 81.2 Å². The van der Waals surface area contributed by atoms with E-state index in [9.17, 15) is 0 Å². The maximum absolute atomic E-state index is 6.25. The molecule has 4 aromatic rings. The number of benzene rings is 3. The van der Waals surface area contributed by atoms with Gasteiger partial charge in [0.15, 0.2) is 5.82 Å². The fourth-order valence-electron chi connectivity index (χ4n) is 3.95. The van der Waals surface area contributed by atoms with Crippen LogP contribution in [0.25, 0.3) is 33.8 Å². The zero-order valence-corrected chi connectivity index (χ0v) is 19.4. The van der Waals surface area contributed by atoms with Crippen LogP contribution in [0.5, 0.6) is 0 Å². The fraction of sp³-hybridized carbons (Fsp3) is 0.214. The first kappa shape index (κ1) is 21.6. The maximum Gasteiger partial charge on any atom is 0.494 e. The van der Waals surface area contributed by atoms with E-state index >= 15 is 0 Å². The quantitative estimate of drug-likeness (QED) is 0.382. The molecule has 5 heteroatoms. The van der Waals surface area contributed by atoms with E-state index in [0.29, 0.717) is 0 Å². The van der Waals surface area contributed by atoms with Crippen molar-refractivity contribution in [3.05, 3.63) is 91.1 Å². The molecule has 1 aromatic heterocycles. The predicted molar refractivity (Wildman–Crippen MR) is 134 cm³/mol. The number of hydrogen-bond donors (Lipinski definition) is 0. The first-order chi connectivity index (χ1) is 15.8. The first-order valence-corrected chi connectivity index (χ1v) is 11.3. The Morgan fingerprint density at radius 1 is 0.636 bits per heavy atom. The van der Waals surface area contributed by atoms with Crippen molar-refractivity contribution in [2.75, 3.05) is 0 Å². The van der Waals surface area contributed by atoms with Gasteiger partial charge in [-0.15, -0.1) is 0 Å². The molecule has 0 unspecified atom stereocenters. The molecule has 0 saturated carbocycles. The number of hydrogen-bond acceptors (Lipinski definition) is 4. The molecule has 0 atom stereocenters. The minimum absolute atomic E-state index is 0.364. The van der Waals surface area contributed by atoms with Gasteiger partial charge in [-0.2, -0.15) is 0 Å². The summed E-state index contributed by atoms with van der Waals surface area (Å²) in [7, 11) is -0.381. The normalized spacial score (nSPS) is 16.7. The van der Waals surface area contributed by atoms with Crippen molar-refractivity contribution in [3.63, 3.8) is 0 Å². The van der Waals surface area contributed by atoms with Crippen molar-refractivity contribution in [1.29, 1.82) is 0 Å². The van der Waals surface area contributed by atoms with Crippen LogP contribution in [-0.4, -0.2) is 28.3 Å². The topological polar surface area (TPSA) is 44.2 Å². The summed E-state index contributed by atoms with van der Waals surface area (Å²) in [5, 5.41) is 0. The highest BCUT2D eigenvalue weighted by molar-refractivity contribution is 6.62. The van der Waals surface area contributed by atoms with Crippen LogP contribution in [0.3, 0.4) is 0 Å². The Morgan fingerprint density at radius 2 is 1.24 bits per heavy atom. The number of aromatic nitrogens is 2. The van der Waals surface area contributed by atoms with Crippen molar-refractivity contribution >= 4 is 12.6 Å². The van der Waals surface area contributed by atoms with Crippen molar-refractivity contribution in [3.8, 4) is 33.8 Å². The average molecular weight is 434 g/mol. The summed E-state index contributed by atoms with van der Waals surface area (Å²) in [4.78, 5) is 9.27. The van der Waals surface area contributed by atoms with E-state index in [1.807, 2.05) is 42.6 Å². The van der Waals surface area contributed by atoms with Crippen LogP contribution in [-0.2, 0) is 9.31 Å². The molecular formula is C28H27BN2O2. The summed E-state index contributed by atoms with van der Waals surface area (Å²) in [6.07, 6.45) is 1.82. The van der Waals surface area contributed by atoms with Gasteiger partial charge in [-0.05, 0) is 56.4 Å². The van der Waals surface area contributed by atoms with Crippen LogP contribution >= 0.6 is 0 Å². The third kappa shape index (κ3) is 4.22. The Morgan fingerprint density at radius 3 is 1.97 bits per heavy atom. The lowest BCUT2D eigenvalue weighted by atomic mass is 9.78. The molecular weight excluding hydrogens is 407 g/mol. The lowest BCUT2D eigenvalue weighted by Crippen LogP contribution is -2.41. The summed E-state index contributed by atoms with van der Waals surface area (Å²) >= 11 is 0. The van der Waals surface area contributed by atoms with Gasteiger partial charge in [0, 0.05) is 17.3 Å². The Kier molecular flexibility index (Phi) is 5.39. The zero-order chi connectivity index (χ0) is 23.1. The van der Waals surface area contributed by atoms with Gasteiger partial charge in [0.1, 0.15) is 0 Å². The van der Waals surface area contributed by atoms with E-state index in [-0.39, 0.29) is 18.3 Å². The number of rotatable bonds is 4. The van der Waals surface area contributed by atoms with E-state index in [1.165, 1.54) is 0 Å². The second-order valence-corrected chi connectivity index (χ2v) is 9.43. The molecule has 0 amide bonds. The van der Waals surface area contributed by atoms with Crippen LogP contribution in [0.2, 0.25) is 0 Å². The van der Waals surface area contributed by atoms with Crippen LogP contribution in [0.4, 0.5) is 0 Å². The maximum atomic E-state index is 6.25. The second kappa shape index (κ2) is 8.25. The highest BCUT2D eigenvalue weighted by Crippen LogP contribution is 2.36. The minimum Gasteiger partial charge on any atom is -0.399 e. The van der Waals surface area contributed by atoms with Crippen LogP contribution in [0.15, 0.2) is 91.1 Å². The average Bonchev–Trinajstić information content (AvgIpc) is 3.07. The Labute approximate surface area is 195 Å². The molecule has 164 valence electrons. The lowest BCUT2D eigenvalue weighted by Gasteiger charge is -2.32. The summed E-state index contributed by atoms with van der Waals surface area (Å²) < 4.78 is 12.5. The van der Waals surface area contributed by atoms with Gasteiger partial charge in [0.05, 0.1) is 16.9 Å². The standard InChI is InChI=1S/C28H27BN2O2/c1-27(2)28(3,4)33-29(32-27)24-15-9-13-22(19-24)21-12-8-14-23(18-21)25-16-17-30-26(31-25)20-10-6-5-7-11-20/h5-19H,1-4H3. The molecule has 0 radical (unpaired) electrons. The van der Waals surface area contributed by atoms with E-state index < -0.39 is 0 Å². The Balaban J connectivity index is 1.46. The molecule has 0 bridgehead atoms. The van der Waals surface area contributed by atoms with Gasteiger partial charge < -0.3 is 9.31 Å². The molecule has 33 heavy (non-hydrogen) atoms. The van der Waals surface area contributed by atoms with Gasteiger partial charge in [-0.25, -0.2) is 9.97 Å². The predicted octanol–water partition coefficient (Wildman–Crippen LogP) is 5.78. The monoisotopic (exact) mass is 434 g/mol. The van der Waals surface area contributed by atoms with Crippen molar-refractivity contribution in [1.82, 2.24) is 9.97 Å². The molecule has 0 spiro atoms. The van der Waals surface area contributed by atoms with Crippen molar-refractivity contribution in [2.24, 2.45) is 0 Å². The van der Waals surface area contributed by atoms with Gasteiger partial charge in [0.2, 0.25) is 0 Å². The van der Waals surface area contributed by atoms with Crippen LogP contribution < -0.4 is 5.46 Å². The summed E-state index contributed by atoms with van der Waals surface area (Å²) in [6, 6.07) is 28.8. The van der Waals surface area contributed by atoms with Gasteiger partial charge in [-0.1, -0.05) is 72.8 Å². The van der Waals surface area contributed by atoms with E-state index in [4.69, 9.17) is 14.3 Å². The Hall–Kier alpha value is -3.28. The smallest absolute Gasteiger partial charge is 0.399 e. The molecule has 1 fully saturated rings.